The van der Waals surface area contributed by atoms with Crippen LogP contribution in [-0.4, -0.2) is 17.5 Å². The number of carbonyl (C=O) groups is 1. The number of benzene rings is 3. The van der Waals surface area contributed by atoms with E-state index in [2.05, 4.69) is 0 Å². The van der Waals surface area contributed by atoms with Gasteiger partial charge in [-0.15, -0.1) is 0 Å². The molecule has 7 nitrogen and oxygen atoms in total. The molecule has 0 aromatic heterocycles. The second-order valence-corrected chi connectivity index (χ2v) is 5.40. The predicted molar refractivity (Wildman–Crippen MR) is 97.2 cm³/mol. The van der Waals surface area contributed by atoms with Gasteiger partial charge in [-0.1, -0.05) is 18.2 Å². The van der Waals surface area contributed by atoms with Gasteiger partial charge in [0.25, 0.3) is 5.69 Å². The maximum absolute atomic E-state index is 11.8. The summed E-state index contributed by atoms with van der Waals surface area (Å²) in [7, 11) is 0. The van der Waals surface area contributed by atoms with E-state index in [1.54, 1.807) is 24.3 Å². The number of carbonyl (C=O) groups excluding carboxylic acids is 1. The first-order chi connectivity index (χ1) is 13.1. The molecule has 0 fully saturated rings. The normalized spacial score (nSPS) is 10.1. The molecule has 0 saturated heterocycles. The summed E-state index contributed by atoms with van der Waals surface area (Å²) in [6.45, 7) is -0.296. The van der Waals surface area contributed by atoms with Gasteiger partial charge in [-0.3, -0.25) is 10.1 Å². The molecule has 0 N–H and O–H groups in total. The third-order valence-electron chi connectivity index (χ3n) is 3.44. The second kappa shape index (κ2) is 8.48. The van der Waals surface area contributed by atoms with Crippen LogP contribution < -0.4 is 14.2 Å². The number of nitrogens with zero attached hydrogens (tertiary/aromatic N) is 1. The Hall–Kier alpha value is -3.87. The van der Waals surface area contributed by atoms with Crippen molar-refractivity contribution < 1.29 is 23.9 Å². The Balaban J connectivity index is 1.49. The lowest BCUT2D eigenvalue weighted by Crippen LogP contribution is -2.17. The highest BCUT2D eigenvalue weighted by Crippen LogP contribution is 2.23. The Morgan fingerprint density at radius 2 is 1.33 bits per heavy atom. The summed E-state index contributed by atoms with van der Waals surface area (Å²) in [5, 5.41) is 10.6. The van der Waals surface area contributed by atoms with Gasteiger partial charge in [0.2, 0.25) is 0 Å². The van der Waals surface area contributed by atoms with Crippen molar-refractivity contribution in [1.29, 1.82) is 0 Å². The van der Waals surface area contributed by atoms with Crippen molar-refractivity contribution in [2.45, 2.75) is 0 Å². The Kier molecular flexibility index (Phi) is 5.64. The van der Waals surface area contributed by atoms with Crippen LogP contribution >= 0.6 is 0 Å². The third kappa shape index (κ3) is 5.30. The average molecular weight is 365 g/mol. The minimum absolute atomic E-state index is 0.0798. The van der Waals surface area contributed by atoms with E-state index in [-0.39, 0.29) is 18.0 Å². The van der Waals surface area contributed by atoms with Crippen molar-refractivity contribution >= 4 is 11.7 Å². The summed E-state index contributed by atoms with van der Waals surface area (Å²) >= 11 is 0. The molecule has 3 aromatic carbocycles. The van der Waals surface area contributed by atoms with Crippen LogP contribution in [0.3, 0.4) is 0 Å². The van der Waals surface area contributed by atoms with Gasteiger partial charge < -0.3 is 14.2 Å². The van der Waals surface area contributed by atoms with E-state index in [0.29, 0.717) is 11.5 Å². The summed E-state index contributed by atoms with van der Waals surface area (Å²) < 4.78 is 16.1. The fourth-order valence-corrected chi connectivity index (χ4v) is 2.17. The molecular weight excluding hydrogens is 350 g/mol. The molecule has 3 aromatic rings. The number of hydrogen-bond donors (Lipinski definition) is 0. The Morgan fingerprint density at radius 3 is 1.96 bits per heavy atom. The van der Waals surface area contributed by atoms with Gasteiger partial charge in [0.15, 0.2) is 6.61 Å². The zero-order valence-electron chi connectivity index (χ0n) is 14.1. The quantitative estimate of drug-likeness (QED) is 0.267. The molecule has 7 heteroatoms. The van der Waals surface area contributed by atoms with Crippen molar-refractivity contribution in [2.75, 3.05) is 6.61 Å². The topological polar surface area (TPSA) is 87.9 Å². The predicted octanol–water partition coefficient (Wildman–Crippen LogP) is 4.37. The van der Waals surface area contributed by atoms with Gasteiger partial charge in [-0.05, 0) is 48.5 Å². The lowest BCUT2D eigenvalue weighted by atomic mass is 10.3. The summed E-state index contributed by atoms with van der Waals surface area (Å²) in [6.07, 6.45) is 0. The molecule has 0 aliphatic rings. The van der Waals surface area contributed by atoms with Crippen molar-refractivity contribution in [3.05, 3.63) is 89.0 Å². The summed E-state index contributed by atoms with van der Waals surface area (Å²) in [5.74, 6) is 1.44. The monoisotopic (exact) mass is 365 g/mol. The lowest BCUT2D eigenvalue weighted by molar-refractivity contribution is -0.384. The van der Waals surface area contributed by atoms with Crippen LogP contribution in [0.25, 0.3) is 0 Å². The minimum Gasteiger partial charge on any atom is -0.482 e. The molecule has 0 unspecified atom stereocenters. The molecule has 0 spiro atoms. The van der Waals surface area contributed by atoms with Gasteiger partial charge in [0.05, 0.1) is 4.92 Å². The SMILES string of the molecule is O=C(COc1ccc(Oc2ccccc2)cc1)Oc1ccc([N+](=O)[O-])cc1. The van der Waals surface area contributed by atoms with E-state index in [0.717, 1.165) is 5.75 Å². The molecule has 3 rings (SSSR count). The fraction of sp³-hybridized carbons (Fsp3) is 0.0500. The van der Waals surface area contributed by atoms with Crippen LogP contribution in [0.1, 0.15) is 0 Å². The highest BCUT2D eigenvalue weighted by atomic mass is 16.6. The van der Waals surface area contributed by atoms with Crippen molar-refractivity contribution in [3.63, 3.8) is 0 Å². The molecule has 27 heavy (non-hydrogen) atoms. The fourth-order valence-electron chi connectivity index (χ4n) is 2.17. The molecule has 0 heterocycles. The third-order valence-corrected chi connectivity index (χ3v) is 3.44. The summed E-state index contributed by atoms with van der Waals surface area (Å²) in [4.78, 5) is 21.9. The molecule has 0 aliphatic heterocycles. The van der Waals surface area contributed by atoms with E-state index in [9.17, 15) is 14.9 Å². The van der Waals surface area contributed by atoms with Gasteiger partial charge in [-0.2, -0.15) is 0 Å². The summed E-state index contributed by atoms with van der Waals surface area (Å²) in [5.41, 5.74) is -0.0798. The lowest BCUT2D eigenvalue weighted by Gasteiger charge is -2.08. The Bertz CT molecular complexity index is 907. The number of nitro benzene ring substituents is 1. The average Bonchev–Trinajstić information content (AvgIpc) is 2.69. The van der Waals surface area contributed by atoms with Crippen LogP contribution in [-0.2, 0) is 4.79 Å². The van der Waals surface area contributed by atoms with E-state index >= 15 is 0 Å². The van der Waals surface area contributed by atoms with Gasteiger partial charge in [-0.25, -0.2) is 4.79 Å². The number of nitro groups is 1. The maximum Gasteiger partial charge on any atom is 0.349 e. The molecular formula is C20H15NO6. The number of non-ortho nitro benzene ring substituents is 1. The second-order valence-electron chi connectivity index (χ2n) is 5.40. The van der Waals surface area contributed by atoms with Crippen LogP contribution in [0.2, 0.25) is 0 Å². The zero-order chi connectivity index (χ0) is 19.1. The number of ether oxygens (including phenoxy) is 3. The van der Waals surface area contributed by atoms with E-state index in [1.165, 1.54) is 24.3 Å². The molecule has 0 saturated carbocycles. The van der Waals surface area contributed by atoms with Crippen LogP contribution in [0.4, 0.5) is 5.69 Å². The van der Waals surface area contributed by atoms with E-state index < -0.39 is 10.9 Å². The summed E-state index contributed by atoms with van der Waals surface area (Å²) in [6, 6.07) is 21.4. The van der Waals surface area contributed by atoms with Crippen LogP contribution in [0, 0.1) is 10.1 Å². The van der Waals surface area contributed by atoms with E-state index in [4.69, 9.17) is 14.2 Å². The standard InChI is InChI=1S/C20H15NO6/c22-20(27-19-8-6-15(7-9-19)21(23)24)14-25-16-10-12-18(13-11-16)26-17-4-2-1-3-5-17/h1-13H,14H2. The smallest absolute Gasteiger partial charge is 0.349 e. The molecule has 0 bridgehead atoms. The van der Waals surface area contributed by atoms with Crippen molar-refractivity contribution in [2.24, 2.45) is 0 Å². The highest BCUT2D eigenvalue weighted by Gasteiger charge is 2.09. The number of para-hydroxylation sites is 1. The van der Waals surface area contributed by atoms with Crippen LogP contribution in [0.5, 0.6) is 23.0 Å². The molecule has 0 atom stereocenters. The van der Waals surface area contributed by atoms with Crippen molar-refractivity contribution in [1.82, 2.24) is 0 Å². The highest BCUT2D eigenvalue weighted by molar-refractivity contribution is 5.74. The molecule has 0 radical (unpaired) electrons. The first-order valence-electron chi connectivity index (χ1n) is 8.01. The molecule has 136 valence electrons. The molecule has 0 aliphatic carbocycles. The van der Waals surface area contributed by atoms with Gasteiger partial charge in [0.1, 0.15) is 23.0 Å². The Labute approximate surface area is 154 Å². The number of hydrogen-bond acceptors (Lipinski definition) is 6. The van der Waals surface area contributed by atoms with Gasteiger partial charge in [0, 0.05) is 12.1 Å². The van der Waals surface area contributed by atoms with Gasteiger partial charge >= 0.3 is 5.97 Å². The largest absolute Gasteiger partial charge is 0.482 e. The minimum atomic E-state index is -0.617. The first kappa shape index (κ1) is 17.9. The Morgan fingerprint density at radius 1 is 0.778 bits per heavy atom. The zero-order valence-corrected chi connectivity index (χ0v) is 14.1. The number of esters is 1. The van der Waals surface area contributed by atoms with Crippen molar-refractivity contribution in [3.8, 4) is 23.0 Å². The molecule has 0 amide bonds. The number of rotatable bonds is 7. The maximum atomic E-state index is 11.8. The van der Waals surface area contributed by atoms with Crippen LogP contribution in [0.15, 0.2) is 78.9 Å². The first-order valence-corrected chi connectivity index (χ1v) is 8.01. The van der Waals surface area contributed by atoms with E-state index in [1.807, 2.05) is 30.3 Å².